The van der Waals surface area contributed by atoms with Crippen molar-refractivity contribution in [2.24, 2.45) is 5.92 Å². The van der Waals surface area contributed by atoms with Gasteiger partial charge >= 0.3 is 0 Å². The zero-order chi connectivity index (χ0) is 13.4. The molecule has 0 radical (unpaired) electrons. The lowest BCUT2D eigenvalue weighted by Crippen LogP contribution is -2.24. The van der Waals surface area contributed by atoms with Crippen molar-refractivity contribution in [2.45, 2.75) is 33.2 Å². The van der Waals surface area contributed by atoms with E-state index in [2.05, 4.69) is 29.6 Å². The van der Waals surface area contributed by atoms with Crippen LogP contribution in [0.2, 0.25) is 0 Å². The van der Waals surface area contributed by atoms with Gasteiger partial charge in [-0.2, -0.15) is 5.10 Å². The van der Waals surface area contributed by atoms with Crippen LogP contribution in [0.1, 0.15) is 26.7 Å². The van der Waals surface area contributed by atoms with Crippen LogP contribution in [0, 0.1) is 5.92 Å². The van der Waals surface area contributed by atoms with Gasteiger partial charge in [-0.15, -0.1) is 0 Å². The molecule has 0 atom stereocenters. The van der Waals surface area contributed by atoms with E-state index in [0.717, 1.165) is 31.6 Å². The average molecular weight is 252 g/mol. The van der Waals surface area contributed by atoms with Gasteiger partial charge < -0.3 is 10.6 Å². The van der Waals surface area contributed by atoms with E-state index >= 15 is 0 Å². The lowest BCUT2D eigenvalue weighted by atomic mass is 10.1. The van der Waals surface area contributed by atoms with Gasteiger partial charge in [0, 0.05) is 25.7 Å². The topological polar surface area (TPSA) is 59.0 Å². The third kappa shape index (κ3) is 5.31. The molecule has 0 fully saturated rings. The van der Waals surface area contributed by atoms with Gasteiger partial charge in [0.15, 0.2) is 0 Å². The van der Waals surface area contributed by atoms with E-state index < -0.39 is 0 Å². The molecule has 2 N–H and O–H groups in total. The summed E-state index contributed by atoms with van der Waals surface area (Å²) in [6, 6.07) is 1.61. The molecule has 1 rings (SSSR count). The number of aromatic nitrogens is 2. The fraction of sp³-hybridized carbons (Fsp3) is 0.692. The van der Waals surface area contributed by atoms with Crippen molar-refractivity contribution in [3.63, 3.8) is 0 Å². The number of rotatable bonds is 8. The molecule has 0 aliphatic heterocycles. The predicted octanol–water partition coefficient (Wildman–Crippen LogP) is 1.31. The second-order valence-corrected chi connectivity index (χ2v) is 4.87. The Morgan fingerprint density at radius 1 is 1.39 bits per heavy atom. The standard InChI is InChI=1S/C13H24N4O/c1-11(2)5-4-8-17-13(18)9-12(10-16-17)15-7-6-14-3/h9-11,14-15H,4-8H2,1-3H3. The Bertz CT molecular complexity index is 400. The Labute approximate surface area is 109 Å². The summed E-state index contributed by atoms with van der Waals surface area (Å²) in [7, 11) is 1.90. The second kappa shape index (κ2) is 7.87. The number of anilines is 1. The quantitative estimate of drug-likeness (QED) is 0.685. The van der Waals surface area contributed by atoms with Crippen LogP contribution in [0.15, 0.2) is 17.1 Å². The summed E-state index contributed by atoms with van der Waals surface area (Å²) in [5.74, 6) is 0.670. The summed E-state index contributed by atoms with van der Waals surface area (Å²) in [6.45, 7) is 6.72. The molecule has 0 aliphatic rings. The first-order valence-electron chi connectivity index (χ1n) is 6.59. The summed E-state index contributed by atoms with van der Waals surface area (Å²) in [4.78, 5) is 11.8. The van der Waals surface area contributed by atoms with Crippen molar-refractivity contribution in [2.75, 3.05) is 25.5 Å². The van der Waals surface area contributed by atoms with Crippen LogP contribution in [-0.2, 0) is 6.54 Å². The van der Waals surface area contributed by atoms with Crippen LogP contribution in [0.3, 0.4) is 0 Å². The highest BCUT2D eigenvalue weighted by Gasteiger charge is 2.01. The summed E-state index contributed by atoms with van der Waals surface area (Å²) in [6.07, 6.45) is 3.83. The zero-order valence-electron chi connectivity index (χ0n) is 11.6. The molecule has 0 bridgehead atoms. The molecule has 1 aromatic heterocycles. The lowest BCUT2D eigenvalue weighted by Gasteiger charge is -2.08. The van der Waals surface area contributed by atoms with Gasteiger partial charge in [-0.05, 0) is 25.8 Å². The van der Waals surface area contributed by atoms with Crippen LogP contribution in [0.5, 0.6) is 0 Å². The minimum Gasteiger partial charge on any atom is -0.382 e. The molecule has 0 saturated heterocycles. The van der Waals surface area contributed by atoms with Crippen molar-refractivity contribution in [1.82, 2.24) is 15.1 Å². The van der Waals surface area contributed by atoms with E-state index in [4.69, 9.17) is 0 Å². The molecule has 0 saturated carbocycles. The SMILES string of the molecule is CNCCNc1cnn(CCCC(C)C)c(=O)c1. The smallest absolute Gasteiger partial charge is 0.268 e. The fourth-order valence-electron chi connectivity index (χ4n) is 1.68. The molecule has 0 aromatic carbocycles. The lowest BCUT2D eigenvalue weighted by molar-refractivity contribution is 0.477. The van der Waals surface area contributed by atoms with E-state index in [1.54, 1.807) is 12.3 Å². The van der Waals surface area contributed by atoms with E-state index in [-0.39, 0.29) is 5.56 Å². The first-order chi connectivity index (χ1) is 8.63. The van der Waals surface area contributed by atoms with Crippen molar-refractivity contribution < 1.29 is 0 Å². The summed E-state index contributed by atoms with van der Waals surface area (Å²) < 4.78 is 1.53. The van der Waals surface area contributed by atoms with E-state index in [1.807, 2.05) is 7.05 Å². The molecular formula is C13H24N4O. The Morgan fingerprint density at radius 2 is 2.17 bits per heavy atom. The third-order valence-electron chi connectivity index (χ3n) is 2.73. The van der Waals surface area contributed by atoms with Crippen LogP contribution in [0.25, 0.3) is 0 Å². The van der Waals surface area contributed by atoms with Crippen molar-refractivity contribution in [3.8, 4) is 0 Å². The molecule has 0 unspecified atom stereocenters. The van der Waals surface area contributed by atoms with Crippen LogP contribution >= 0.6 is 0 Å². The number of likely N-dealkylation sites (N-methyl/N-ethyl adjacent to an activating group) is 1. The van der Waals surface area contributed by atoms with Gasteiger partial charge in [-0.25, -0.2) is 4.68 Å². The van der Waals surface area contributed by atoms with Crippen LogP contribution in [0.4, 0.5) is 5.69 Å². The Kier molecular flexibility index (Phi) is 6.43. The van der Waals surface area contributed by atoms with Gasteiger partial charge in [0.1, 0.15) is 0 Å². The zero-order valence-corrected chi connectivity index (χ0v) is 11.6. The molecule has 5 nitrogen and oxygen atoms in total. The Morgan fingerprint density at radius 3 is 2.78 bits per heavy atom. The second-order valence-electron chi connectivity index (χ2n) is 4.87. The Hall–Kier alpha value is -1.36. The first kappa shape index (κ1) is 14.7. The molecule has 0 aliphatic carbocycles. The number of nitrogens with zero attached hydrogens (tertiary/aromatic N) is 2. The van der Waals surface area contributed by atoms with Gasteiger partial charge in [-0.3, -0.25) is 4.79 Å². The van der Waals surface area contributed by atoms with Gasteiger partial charge in [0.25, 0.3) is 5.56 Å². The summed E-state index contributed by atoms with van der Waals surface area (Å²) >= 11 is 0. The maximum atomic E-state index is 11.8. The maximum absolute atomic E-state index is 11.8. The summed E-state index contributed by atoms with van der Waals surface area (Å²) in [5.41, 5.74) is 0.753. The van der Waals surface area contributed by atoms with Crippen molar-refractivity contribution in [1.29, 1.82) is 0 Å². The average Bonchev–Trinajstić information content (AvgIpc) is 2.32. The number of hydrogen-bond acceptors (Lipinski definition) is 4. The maximum Gasteiger partial charge on any atom is 0.268 e. The molecule has 0 spiro atoms. The van der Waals surface area contributed by atoms with Gasteiger partial charge in [-0.1, -0.05) is 13.8 Å². The Balaban J connectivity index is 2.49. The predicted molar refractivity (Wildman–Crippen MR) is 75.0 cm³/mol. The highest BCUT2D eigenvalue weighted by Crippen LogP contribution is 2.04. The van der Waals surface area contributed by atoms with Crippen molar-refractivity contribution >= 4 is 5.69 Å². The van der Waals surface area contributed by atoms with E-state index in [1.165, 1.54) is 4.68 Å². The third-order valence-corrected chi connectivity index (χ3v) is 2.73. The van der Waals surface area contributed by atoms with Gasteiger partial charge in [0.05, 0.1) is 11.9 Å². The molecule has 1 aromatic rings. The summed E-state index contributed by atoms with van der Waals surface area (Å²) in [5, 5.41) is 10.4. The van der Waals surface area contributed by atoms with E-state index in [9.17, 15) is 4.79 Å². The number of aryl methyl sites for hydroxylation is 1. The minimum absolute atomic E-state index is 0.0341. The molecule has 1 heterocycles. The molecule has 5 heteroatoms. The molecular weight excluding hydrogens is 228 g/mol. The largest absolute Gasteiger partial charge is 0.382 e. The number of hydrogen-bond donors (Lipinski definition) is 2. The minimum atomic E-state index is -0.0341. The van der Waals surface area contributed by atoms with Crippen molar-refractivity contribution in [3.05, 3.63) is 22.6 Å². The first-order valence-corrected chi connectivity index (χ1v) is 6.59. The van der Waals surface area contributed by atoms with Crippen LogP contribution in [-0.4, -0.2) is 29.9 Å². The molecule has 18 heavy (non-hydrogen) atoms. The van der Waals surface area contributed by atoms with Crippen LogP contribution < -0.4 is 16.2 Å². The molecule has 102 valence electrons. The van der Waals surface area contributed by atoms with Gasteiger partial charge in [0.2, 0.25) is 0 Å². The highest BCUT2D eigenvalue weighted by atomic mass is 16.1. The normalized spacial score (nSPS) is 10.9. The monoisotopic (exact) mass is 252 g/mol. The highest BCUT2D eigenvalue weighted by molar-refractivity contribution is 5.38. The fourth-order valence-corrected chi connectivity index (χ4v) is 1.68. The van der Waals surface area contributed by atoms with E-state index in [0.29, 0.717) is 12.5 Å². The molecule has 0 amide bonds. The number of nitrogens with one attached hydrogen (secondary N) is 2.